The van der Waals surface area contributed by atoms with Crippen LogP contribution >= 0.6 is 0 Å². The number of hydrogen-bond acceptors (Lipinski definition) is 3. The van der Waals surface area contributed by atoms with Gasteiger partial charge in [0.25, 0.3) is 0 Å². The van der Waals surface area contributed by atoms with Crippen LogP contribution in [0.1, 0.15) is 24.4 Å². The van der Waals surface area contributed by atoms with Crippen LogP contribution in [0.4, 0.5) is 5.69 Å². The minimum Gasteiger partial charge on any atom is -0.454 e. The number of benzene rings is 3. The van der Waals surface area contributed by atoms with E-state index in [9.17, 15) is 0 Å². The van der Waals surface area contributed by atoms with E-state index >= 15 is 0 Å². The second kappa shape index (κ2) is 7.72. The summed E-state index contributed by atoms with van der Waals surface area (Å²) in [5.74, 6) is 1.44. The first-order valence-electron chi connectivity index (χ1n) is 9.81. The van der Waals surface area contributed by atoms with Crippen molar-refractivity contribution in [2.24, 2.45) is 9.98 Å². The summed E-state index contributed by atoms with van der Waals surface area (Å²) >= 11 is 0. The average molecular weight is 376 g/mol. The van der Waals surface area contributed by atoms with Crippen molar-refractivity contribution in [2.45, 2.75) is 12.8 Å². The Balaban J connectivity index is 1.48. The van der Waals surface area contributed by atoms with E-state index in [1.807, 2.05) is 36.4 Å². The largest absolute Gasteiger partial charge is 0.454 e. The summed E-state index contributed by atoms with van der Waals surface area (Å²) in [5, 5.41) is 4.63. The Labute approximate surface area is 169 Å². The van der Waals surface area contributed by atoms with Crippen molar-refractivity contribution < 1.29 is 4.42 Å². The monoisotopic (exact) mass is 376 g/mol. The van der Waals surface area contributed by atoms with Crippen molar-refractivity contribution in [3.63, 3.8) is 0 Å². The molecule has 0 saturated heterocycles. The highest BCUT2D eigenvalue weighted by atomic mass is 16.3. The molecule has 4 aromatic rings. The molecule has 1 aliphatic carbocycles. The van der Waals surface area contributed by atoms with Crippen molar-refractivity contribution in [3.05, 3.63) is 102 Å². The van der Waals surface area contributed by atoms with Crippen LogP contribution in [0.25, 0.3) is 21.5 Å². The number of fused-ring (bicyclic) bond motifs is 2. The van der Waals surface area contributed by atoms with E-state index < -0.39 is 0 Å². The van der Waals surface area contributed by atoms with Gasteiger partial charge in [-0.2, -0.15) is 0 Å². The first-order chi connectivity index (χ1) is 14.4. The predicted octanol–water partition coefficient (Wildman–Crippen LogP) is 6.99. The summed E-state index contributed by atoms with van der Waals surface area (Å²) in [5.41, 5.74) is 2.03. The molecule has 0 bridgehead atoms. The number of furan rings is 1. The molecule has 140 valence electrons. The van der Waals surface area contributed by atoms with E-state index in [1.54, 1.807) is 12.4 Å². The molecule has 1 aliphatic rings. The average Bonchev–Trinajstić information content (AvgIpc) is 3.24. The fraction of sp³-hybridized carbons (Fsp3) is 0.0769. The molecular formula is C26H20N2O. The van der Waals surface area contributed by atoms with Gasteiger partial charge in [0, 0.05) is 16.5 Å². The lowest BCUT2D eigenvalue weighted by Gasteiger charge is -2.07. The molecule has 0 unspecified atom stereocenters. The van der Waals surface area contributed by atoms with Crippen LogP contribution in [-0.4, -0.2) is 12.4 Å². The van der Waals surface area contributed by atoms with Crippen LogP contribution in [-0.2, 0) is 0 Å². The maximum atomic E-state index is 5.88. The lowest BCUT2D eigenvalue weighted by molar-refractivity contribution is 0.553. The summed E-state index contributed by atoms with van der Waals surface area (Å²) in [7, 11) is 0. The lowest BCUT2D eigenvalue weighted by Crippen LogP contribution is -1.85. The van der Waals surface area contributed by atoms with Crippen LogP contribution in [0.2, 0.25) is 0 Å². The second-order valence-electron chi connectivity index (χ2n) is 7.05. The zero-order chi connectivity index (χ0) is 19.5. The quantitative estimate of drug-likeness (QED) is 0.279. The topological polar surface area (TPSA) is 37.9 Å². The van der Waals surface area contributed by atoms with Crippen LogP contribution < -0.4 is 0 Å². The Morgan fingerprint density at radius 1 is 0.759 bits per heavy atom. The summed E-state index contributed by atoms with van der Waals surface area (Å²) < 4.78 is 5.88. The SMILES string of the molecule is C1=CCCC(N=Cc2ccc(C=Nc3c4ccccc4cc4ccccc34)o2)=C1. The molecule has 3 aromatic carbocycles. The molecule has 0 N–H and O–H groups in total. The third kappa shape index (κ3) is 3.67. The standard InChI is InChI=1S/C26H20N2O/c1-2-10-21(11-3-1)27-17-22-14-15-23(29-22)18-28-26-24-12-6-4-8-19(24)16-20-9-5-7-13-25(20)26/h1-2,4-10,12-18H,3,11H2. The third-order valence-electron chi connectivity index (χ3n) is 5.06. The number of aliphatic imine (C=N–C) groups is 2. The van der Waals surface area contributed by atoms with Gasteiger partial charge in [0.05, 0.1) is 18.1 Å². The van der Waals surface area contributed by atoms with Gasteiger partial charge in [-0.05, 0) is 47.9 Å². The molecule has 1 heterocycles. The summed E-state index contributed by atoms with van der Waals surface area (Å²) in [6.45, 7) is 0. The van der Waals surface area contributed by atoms with Crippen molar-refractivity contribution >= 4 is 39.7 Å². The molecular weight excluding hydrogens is 356 g/mol. The zero-order valence-corrected chi connectivity index (χ0v) is 16.0. The Morgan fingerprint density at radius 2 is 1.41 bits per heavy atom. The molecule has 0 atom stereocenters. The van der Waals surface area contributed by atoms with Gasteiger partial charge < -0.3 is 4.42 Å². The molecule has 0 aliphatic heterocycles. The highest BCUT2D eigenvalue weighted by Gasteiger charge is 2.06. The van der Waals surface area contributed by atoms with Crippen molar-refractivity contribution in [1.82, 2.24) is 0 Å². The van der Waals surface area contributed by atoms with Crippen LogP contribution in [0.15, 0.2) is 105 Å². The van der Waals surface area contributed by atoms with E-state index in [4.69, 9.17) is 9.41 Å². The Hall–Kier alpha value is -3.72. The molecule has 0 radical (unpaired) electrons. The second-order valence-corrected chi connectivity index (χ2v) is 7.05. The first-order valence-corrected chi connectivity index (χ1v) is 9.81. The molecule has 0 spiro atoms. The predicted molar refractivity (Wildman–Crippen MR) is 121 cm³/mol. The van der Waals surface area contributed by atoms with E-state index in [2.05, 4.69) is 53.5 Å². The fourth-order valence-electron chi connectivity index (χ4n) is 3.61. The van der Waals surface area contributed by atoms with Gasteiger partial charge in [-0.25, -0.2) is 0 Å². The molecule has 3 nitrogen and oxygen atoms in total. The smallest absolute Gasteiger partial charge is 0.145 e. The van der Waals surface area contributed by atoms with E-state index in [0.29, 0.717) is 5.76 Å². The fourth-order valence-corrected chi connectivity index (χ4v) is 3.61. The van der Waals surface area contributed by atoms with Gasteiger partial charge in [0.1, 0.15) is 11.5 Å². The molecule has 0 fully saturated rings. The van der Waals surface area contributed by atoms with Gasteiger partial charge in [-0.3, -0.25) is 9.98 Å². The molecule has 5 rings (SSSR count). The van der Waals surface area contributed by atoms with Crippen molar-refractivity contribution in [1.29, 1.82) is 0 Å². The zero-order valence-electron chi connectivity index (χ0n) is 16.0. The Morgan fingerprint density at radius 3 is 2.07 bits per heavy atom. The number of hydrogen-bond donors (Lipinski definition) is 0. The molecule has 1 aromatic heterocycles. The number of nitrogens with zero attached hydrogens (tertiary/aromatic N) is 2. The maximum absolute atomic E-state index is 5.88. The molecule has 29 heavy (non-hydrogen) atoms. The Kier molecular flexibility index (Phi) is 4.63. The van der Waals surface area contributed by atoms with E-state index in [1.165, 1.54) is 10.8 Å². The van der Waals surface area contributed by atoms with Crippen LogP contribution in [0.5, 0.6) is 0 Å². The van der Waals surface area contributed by atoms with Crippen LogP contribution in [0.3, 0.4) is 0 Å². The van der Waals surface area contributed by atoms with E-state index in [-0.39, 0.29) is 0 Å². The van der Waals surface area contributed by atoms with Gasteiger partial charge in [-0.1, -0.05) is 60.7 Å². The van der Waals surface area contributed by atoms with Gasteiger partial charge >= 0.3 is 0 Å². The highest BCUT2D eigenvalue weighted by Crippen LogP contribution is 2.34. The minimum atomic E-state index is 0.709. The molecule has 0 amide bonds. The third-order valence-corrected chi connectivity index (χ3v) is 5.06. The van der Waals surface area contributed by atoms with Gasteiger partial charge in [-0.15, -0.1) is 0 Å². The maximum Gasteiger partial charge on any atom is 0.145 e. The number of allylic oxidation sites excluding steroid dienone is 4. The summed E-state index contributed by atoms with van der Waals surface area (Å²) in [6, 6.07) is 22.7. The van der Waals surface area contributed by atoms with Gasteiger partial charge in [0.15, 0.2) is 0 Å². The van der Waals surface area contributed by atoms with Crippen LogP contribution in [0, 0.1) is 0 Å². The summed E-state index contributed by atoms with van der Waals surface area (Å²) in [4.78, 5) is 9.33. The highest BCUT2D eigenvalue weighted by molar-refractivity contribution is 6.10. The normalized spacial score (nSPS) is 14.4. The van der Waals surface area contributed by atoms with E-state index in [0.717, 1.165) is 40.8 Å². The van der Waals surface area contributed by atoms with Crippen molar-refractivity contribution in [3.8, 4) is 0 Å². The Bertz CT molecular complexity index is 1250. The molecule has 3 heteroatoms. The van der Waals surface area contributed by atoms with Crippen molar-refractivity contribution in [2.75, 3.05) is 0 Å². The molecule has 0 saturated carbocycles. The van der Waals surface area contributed by atoms with Gasteiger partial charge in [0.2, 0.25) is 0 Å². The number of rotatable bonds is 4. The lowest BCUT2D eigenvalue weighted by atomic mass is 10.0. The minimum absolute atomic E-state index is 0.709. The first kappa shape index (κ1) is 17.4. The summed E-state index contributed by atoms with van der Waals surface area (Å²) in [6.07, 6.45) is 11.8.